The Labute approximate surface area is 127 Å². The Morgan fingerprint density at radius 2 is 2.33 bits per heavy atom. The Morgan fingerprint density at radius 1 is 1.57 bits per heavy atom. The molecule has 0 amide bonds. The quantitative estimate of drug-likeness (QED) is 0.385. The van der Waals surface area contributed by atoms with Gasteiger partial charge in [0.25, 0.3) is 0 Å². The maximum absolute atomic E-state index is 12.1. The number of esters is 1. The molecule has 2 rings (SSSR count). The third-order valence-corrected chi connectivity index (χ3v) is 3.72. The van der Waals surface area contributed by atoms with Crippen LogP contribution in [0.5, 0.6) is 0 Å². The summed E-state index contributed by atoms with van der Waals surface area (Å²) in [7, 11) is 0. The number of carbonyl (C=O) groups is 1. The van der Waals surface area contributed by atoms with Gasteiger partial charge in [0.2, 0.25) is 0 Å². The molecule has 0 spiro atoms. The van der Waals surface area contributed by atoms with Crippen molar-refractivity contribution >= 4 is 28.6 Å². The molecule has 0 bridgehead atoms. The number of nitrogens with one attached hydrogen (secondary N) is 1. The maximum atomic E-state index is 12.1. The van der Waals surface area contributed by atoms with Crippen LogP contribution >= 0.6 is 11.6 Å². The number of unbranched alkanes of at least 4 members (excludes halogenated alkanes) is 1. The van der Waals surface area contributed by atoms with Crippen LogP contribution in [-0.4, -0.2) is 22.8 Å². The summed E-state index contributed by atoms with van der Waals surface area (Å²) in [5.41, 5.74) is 1.11. The fraction of sp³-hybridized carbons (Fsp3) is 0.500. The van der Waals surface area contributed by atoms with Crippen molar-refractivity contribution in [1.29, 1.82) is 0 Å². The average molecular weight is 312 g/mol. The van der Waals surface area contributed by atoms with Gasteiger partial charge in [-0.05, 0) is 13.3 Å². The van der Waals surface area contributed by atoms with Crippen LogP contribution in [0.3, 0.4) is 0 Å². The zero-order valence-corrected chi connectivity index (χ0v) is 12.8. The number of aromatic nitrogens is 3. The number of carbonyl (C=O) groups excluding carboxylic acids is 1. The molecule has 0 aliphatic carbocycles. The first-order valence-corrected chi connectivity index (χ1v) is 7.44. The summed E-state index contributed by atoms with van der Waals surface area (Å²) in [6.07, 6.45) is 5.37. The largest absolute Gasteiger partial charge is 0.711 e. The summed E-state index contributed by atoms with van der Waals surface area (Å²) in [6, 6.07) is 0. The smallest absolute Gasteiger partial charge is 0.342 e. The zero-order chi connectivity index (χ0) is 15.4. The maximum Gasteiger partial charge on any atom is 0.342 e. The highest BCUT2D eigenvalue weighted by Gasteiger charge is 2.26. The van der Waals surface area contributed by atoms with Gasteiger partial charge in [0.05, 0.1) is 23.6 Å². The monoisotopic (exact) mass is 311 g/mol. The topological polar surface area (TPSA) is 81.9 Å². The lowest BCUT2D eigenvalue weighted by atomic mass is 10.00. The first kappa shape index (κ1) is 15.6. The van der Waals surface area contributed by atoms with Gasteiger partial charge in [-0.1, -0.05) is 24.9 Å². The van der Waals surface area contributed by atoms with Gasteiger partial charge in [-0.2, -0.15) is 0 Å². The zero-order valence-electron chi connectivity index (χ0n) is 12.1. The van der Waals surface area contributed by atoms with Gasteiger partial charge in [-0.3, -0.25) is 0 Å². The Balaban J connectivity index is 2.56. The summed E-state index contributed by atoms with van der Waals surface area (Å²) in [6.45, 7) is 4.02. The number of rotatable bonds is 6. The minimum atomic E-state index is -0.539. The number of hydrogen-bond donors (Lipinski definition) is 1. The summed E-state index contributed by atoms with van der Waals surface area (Å²) in [5.74, 6) is -0.539. The van der Waals surface area contributed by atoms with E-state index in [0.29, 0.717) is 27.7 Å². The number of hydrogen-bond acceptors (Lipinski definition) is 4. The number of halogens is 1. The number of aromatic amines is 1. The number of nitrogens with zero attached hydrogens (tertiary/aromatic N) is 2. The third kappa shape index (κ3) is 3.10. The minimum Gasteiger partial charge on any atom is -0.711 e. The normalized spacial score (nSPS) is 12.5. The fourth-order valence-electron chi connectivity index (χ4n) is 2.28. The molecular formula is C14H18ClN3O3. The highest BCUT2D eigenvalue weighted by Crippen LogP contribution is 2.33. The summed E-state index contributed by atoms with van der Waals surface area (Å²) in [4.78, 5) is 12.1. The number of fused-ring (bicyclic) bond motifs is 1. The van der Waals surface area contributed by atoms with E-state index in [0.717, 1.165) is 12.8 Å². The molecule has 2 aromatic rings. The van der Waals surface area contributed by atoms with Gasteiger partial charge in [0, 0.05) is 5.56 Å². The van der Waals surface area contributed by atoms with Crippen molar-refractivity contribution in [3.8, 4) is 0 Å². The highest BCUT2D eigenvalue weighted by molar-refractivity contribution is 6.22. The first-order chi connectivity index (χ1) is 10.1. The van der Waals surface area contributed by atoms with Crippen LogP contribution in [0.4, 0.5) is 0 Å². The van der Waals surface area contributed by atoms with Crippen molar-refractivity contribution in [1.82, 2.24) is 10.2 Å². The molecule has 0 aliphatic rings. The van der Waals surface area contributed by atoms with Crippen LogP contribution in [0.15, 0.2) is 12.4 Å². The molecule has 1 unspecified atom stereocenters. The summed E-state index contributed by atoms with van der Waals surface area (Å²) >= 11 is 6.46. The molecule has 0 aromatic carbocycles. The van der Waals surface area contributed by atoms with Gasteiger partial charge in [0.15, 0.2) is 0 Å². The van der Waals surface area contributed by atoms with Crippen LogP contribution < -0.4 is 4.73 Å². The van der Waals surface area contributed by atoms with Crippen LogP contribution in [0.25, 0.3) is 11.0 Å². The molecule has 0 saturated carbocycles. The van der Waals surface area contributed by atoms with E-state index < -0.39 is 5.97 Å². The standard InChI is InChI=1S/C14H18ClN3O3/c1-3-5-6-11(15)12-9-7-16-17-13(9)18(20)8-10(12)14(19)21-4-2/h7-8,11H,3-6H2,1-2H3,(H,16,17). The number of ether oxygens (including phenoxy) is 1. The molecule has 2 heterocycles. The van der Waals surface area contributed by atoms with Gasteiger partial charge in [-0.25, -0.2) is 9.52 Å². The van der Waals surface area contributed by atoms with Gasteiger partial charge in [-0.15, -0.1) is 16.7 Å². The van der Waals surface area contributed by atoms with Crippen LogP contribution in [0.1, 0.15) is 54.4 Å². The van der Waals surface area contributed by atoms with Gasteiger partial charge >= 0.3 is 11.6 Å². The van der Waals surface area contributed by atoms with Gasteiger partial charge in [0.1, 0.15) is 11.8 Å². The van der Waals surface area contributed by atoms with E-state index in [1.807, 2.05) is 0 Å². The lowest BCUT2D eigenvalue weighted by Crippen LogP contribution is -2.30. The predicted molar refractivity (Wildman–Crippen MR) is 79.1 cm³/mol. The Hall–Kier alpha value is -1.82. The summed E-state index contributed by atoms with van der Waals surface area (Å²) in [5, 5.41) is 18.6. The van der Waals surface area contributed by atoms with Crippen molar-refractivity contribution in [2.24, 2.45) is 0 Å². The molecule has 0 fully saturated rings. The molecular weight excluding hydrogens is 294 g/mol. The SMILES string of the molecule is CCCCC(Cl)c1c(C(=O)OCC)c[n+]([O-])c2[nH]ncc12. The van der Waals surface area contributed by atoms with Crippen molar-refractivity contribution in [2.45, 2.75) is 38.5 Å². The fourth-order valence-corrected chi connectivity index (χ4v) is 2.67. The molecule has 2 aromatic heterocycles. The van der Waals surface area contributed by atoms with Crippen LogP contribution in [-0.2, 0) is 4.74 Å². The molecule has 7 heteroatoms. The number of alkyl halides is 1. The number of H-pyrrole nitrogens is 1. The second-order valence-electron chi connectivity index (χ2n) is 4.74. The Bertz CT molecular complexity index is 642. The Kier molecular flexibility index (Phi) is 5.01. The highest BCUT2D eigenvalue weighted by atomic mass is 35.5. The molecule has 1 N–H and O–H groups in total. The van der Waals surface area contributed by atoms with Crippen LogP contribution in [0, 0.1) is 5.21 Å². The van der Waals surface area contributed by atoms with E-state index >= 15 is 0 Å². The van der Waals surface area contributed by atoms with Crippen molar-refractivity contribution in [2.75, 3.05) is 6.61 Å². The average Bonchev–Trinajstić information content (AvgIpc) is 2.94. The van der Waals surface area contributed by atoms with Gasteiger partial charge < -0.3 is 9.94 Å². The molecule has 114 valence electrons. The summed E-state index contributed by atoms with van der Waals surface area (Å²) < 4.78 is 5.61. The first-order valence-electron chi connectivity index (χ1n) is 7.00. The molecule has 0 aliphatic heterocycles. The Morgan fingerprint density at radius 3 is 3.00 bits per heavy atom. The van der Waals surface area contributed by atoms with E-state index in [9.17, 15) is 10.0 Å². The second-order valence-corrected chi connectivity index (χ2v) is 5.27. The van der Waals surface area contributed by atoms with Crippen LogP contribution in [0.2, 0.25) is 0 Å². The van der Waals surface area contributed by atoms with E-state index in [-0.39, 0.29) is 17.5 Å². The van der Waals surface area contributed by atoms with E-state index in [1.165, 1.54) is 12.4 Å². The van der Waals surface area contributed by atoms with E-state index in [1.54, 1.807) is 6.92 Å². The minimum absolute atomic E-state index is 0.205. The molecule has 21 heavy (non-hydrogen) atoms. The third-order valence-electron chi connectivity index (χ3n) is 3.29. The molecule has 6 nitrogen and oxygen atoms in total. The molecule has 0 saturated heterocycles. The molecule has 1 atom stereocenters. The molecule has 0 radical (unpaired) electrons. The number of pyridine rings is 1. The van der Waals surface area contributed by atoms with Crippen molar-refractivity contribution < 1.29 is 14.3 Å². The lowest BCUT2D eigenvalue weighted by molar-refractivity contribution is -0.579. The van der Waals surface area contributed by atoms with E-state index in [2.05, 4.69) is 17.1 Å². The van der Waals surface area contributed by atoms with E-state index in [4.69, 9.17) is 16.3 Å². The predicted octanol–water partition coefficient (Wildman–Crippen LogP) is 2.84. The lowest BCUT2D eigenvalue weighted by Gasteiger charge is -2.16. The second kappa shape index (κ2) is 6.76. The van der Waals surface area contributed by atoms with Crippen molar-refractivity contribution in [3.05, 3.63) is 28.7 Å². The van der Waals surface area contributed by atoms with Crippen molar-refractivity contribution in [3.63, 3.8) is 0 Å².